The van der Waals surface area contributed by atoms with Crippen LogP contribution in [-0.4, -0.2) is 6.04 Å². The van der Waals surface area contributed by atoms with E-state index in [1.54, 1.807) is 0 Å². The molecule has 1 rings (SSSR count). The molecule has 0 spiro atoms. The van der Waals surface area contributed by atoms with E-state index in [9.17, 15) is 0 Å². The monoisotopic (exact) mass is 188 g/mol. The summed E-state index contributed by atoms with van der Waals surface area (Å²) in [6.07, 6.45) is 0. The minimum atomic E-state index is -0.107. The lowest BCUT2D eigenvalue weighted by Gasteiger charge is -2.17. The fourth-order valence-corrected chi connectivity index (χ4v) is 1.57. The van der Waals surface area contributed by atoms with E-state index in [4.69, 9.17) is 5.26 Å². The van der Waals surface area contributed by atoms with Crippen LogP contribution >= 0.6 is 0 Å². The standard InChI is InChI=1S/C12H16N2/c1-9-6-4-5-7-12(9)11(3)14-10(2)8-13/h4-7,10-11,14H,1-3H3/t10?,11-/m1/s1. The van der Waals surface area contributed by atoms with Gasteiger partial charge in [-0.1, -0.05) is 24.3 Å². The van der Waals surface area contributed by atoms with Crippen molar-refractivity contribution in [1.29, 1.82) is 5.26 Å². The number of hydrogen-bond acceptors (Lipinski definition) is 2. The zero-order valence-electron chi connectivity index (χ0n) is 8.91. The van der Waals surface area contributed by atoms with Gasteiger partial charge in [-0.15, -0.1) is 0 Å². The highest BCUT2D eigenvalue weighted by Crippen LogP contribution is 2.16. The molecule has 74 valence electrons. The van der Waals surface area contributed by atoms with Crippen LogP contribution in [0, 0.1) is 18.3 Å². The third-order valence-corrected chi connectivity index (χ3v) is 2.35. The number of rotatable bonds is 3. The molecule has 0 saturated carbocycles. The van der Waals surface area contributed by atoms with Gasteiger partial charge in [0.05, 0.1) is 12.1 Å². The summed E-state index contributed by atoms with van der Waals surface area (Å²) in [6.45, 7) is 6.04. The second-order valence-corrected chi connectivity index (χ2v) is 3.60. The number of aryl methyl sites for hydroxylation is 1. The molecule has 0 aromatic heterocycles. The van der Waals surface area contributed by atoms with Crippen LogP contribution in [0.5, 0.6) is 0 Å². The molecule has 0 heterocycles. The highest BCUT2D eigenvalue weighted by molar-refractivity contribution is 5.28. The van der Waals surface area contributed by atoms with Gasteiger partial charge >= 0.3 is 0 Å². The van der Waals surface area contributed by atoms with Crippen LogP contribution in [0.15, 0.2) is 24.3 Å². The van der Waals surface area contributed by atoms with Gasteiger partial charge in [-0.25, -0.2) is 0 Å². The van der Waals surface area contributed by atoms with E-state index in [0.29, 0.717) is 0 Å². The average Bonchev–Trinajstić information content (AvgIpc) is 2.18. The van der Waals surface area contributed by atoms with Crippen molar-refractivity contribution >= 4 is 0 Å². The fraction of sp³-hybridized carbons (Fsp3) is 0.417. The summed E-state index contributed by atoms with van der Waals surface area (Å²) in [5.41, 5.74) is 2.52. The first-order valence-corrected chi connectivity index (χ1v) is 4.86. The maximum atomic E-state index is 8.69. The molecular weight excluding hydrogens is 172 g/mol. The van der Waals surface area contributed by atoms with Crippen LogP contribution < -0.4 is 5.32 Å². The summed E-state index contributed by atoms with van der Waals surface area (Å²) in [4.78, 5) is 0. The molecule has 1 unspecified atom stereocenters. The third kappa shape index (κ3) is 2.58. The SMILES string of the molecule is Cc1ccccc1[C@@H](C)NC(C)C#N. The lowest BCUT2D eigenvalue weighted by Crippen LogP contribution is -2.27. The Kier molecular flexibility index (Phi) is 3.67. The predicted octanol–water partition coefficient (Wildman–Crippen LogP) is 2.56. The Morgan fingerprint density at radius 3 is 2.50 bits per heavy atom. The van der Waals surface area contributed by atoms with Crippen LogP contribution in [0.4, 0.5) is 0 Å². The Morgan fingerprint density at radius 2 is 1.93 bits per heavy atom. The maximum Gasteiger partial charge on any atom is 0.0929 e. The molecule has 2 atom stereocenters. The molecule has 1 aromatic carbocycles. The molecule has 1 aromatic rings. The summed E-state index contributed by atoms with van der Waals surface area (Å²) in [6, 6.07) is 10.5. The minimum Gasteiger partial charge on any atom is -0.296 e. The summed E-state index contributed by atoms with van der Waals surface area (Å²) < 4.78 is 0. The lowest BCUT2D eigenvalue weighted by molar-refractivity contribution is 0.541. The Hall–Kier alpha value is -1.33. The molecule has 1 N–H and O–H groups in total. The fourth-order valence-electron chi connectivity index (χ4n) is 1.57. The van der Waals surface area contributed by atoms with E-state index in [0.717, 1.165) is 0 Å². The molecular formula is C12H16N2. The number of benzene rings is 1. The smallest absolute Gasteiger partial charge is 0.0929 e. The first-order valence-electron chi connectivity index (χ1n) is 4.86. The van der Waals surface area contributed by atoms with E-state index < -0.39 is 0 Å². The van der Waals surface area contributed by atoms with Gasteiger partial charge in [0.15, 0.2) is 0 Å². The molecule has 2 nitrogen and oxygen atoms in total. The summed E-state index contributed by atoms with van der Waals surface area (Å²) in [5.74, 6) is 0. The van der Waals surface area contributed by atoms with Gasteiger partial charge in [0.1, 0.15) is 0 Å². The number of nitrogens with one attached hydrogen (secondary N) is 1. The zero-order chi connectivity index (χ0) is 10.6. The highest BCUT2D eigenvalue weighted by Gasteiger charge is 2.09. The van der Waals surface area contributed by atoms with Gasteiger partial charge in [0.25, 0.3) is 0 Å². The maximum absolute atomic E-state index is 8.69. The summed E-state index contributed by atoms with van der Waals surface area (Å²) in [7, 11) is 0. The van der Waals surface area contributed by atoms with Crippen molar-refractivity contribution in [2.24, 2.45) is 0 Å². The molecule has 0 aliphatic carbocycles. The Morgan fingerprint density at radius 1 is 1.29 bits per heavy atom. The summed E-state index contributed by atoms with van der Waals surface area (Å²) >= 11 is 0. The first-order chi connectivity index (χ1) is 6.65. The van der Waals surface area contributed by atoms with Crippen LogP contribution in [0.25, 0.3) is 0 Å². The molecule has 0 aliphatic rings. The molecule has 14 heavy (non-hydrogen) atoms. The largest absolute Gasteiger partial charge is 0.296 e. The van der Waals surface area contributed by atoms with E-state index in [1.807, 2.05) is 19.1 Å². The van der Waals surface area contributed by atoms with Crippen molar-refractivity contribution in [1.82, 2.24) is 5.32 Å². The van der Waals surface area contributed by atoms with E-state index in [-0.39, 0.29) is 12.1 Å². The topological polar surface area (TPSA) is 35.8 Å². The normalized spacial score (nSPS) is 14.4. The van der Waals surface area contributed by atoms with Crippen molar-refractivity contribution in [3.05, 3.63) is 35.4 Å². The Bertz CT molecular complexity index is 338. The second kappa shape index (κ2) is 4.78. The minimum absolute atomic E-state index is 0.107. The van der Waals surface area contributed by atoms with Gasteiger partial charge in [-0.2, -0.15) is 5.26 Å². The summed E-state index contributed by atoms with van der Waals surface area (Å²) in [5, 5.41) is 11.9. The van der Waals surface area contributed by atoms with Gasteiger partial charge in [-0.3, -0.25) is 5.32 Å². The Labute approximate surface area is 85.6 Å². The second-order valence-electron chi connectivity index (χ2n) is 3.60. The quantitative estimate of drug-likeness (QED) is 0.791. The zero-order valence-corrected chi connectivity index (χ0v) is 8.91. The molecule has 0 aliphatic heterocycles. The highest BCUT2D eigenvalue weighted by atomic mass is 14.9. The third-order valence-electron chi connectivity index (χ3n) is 2.35. The first kappa shape index (κ1) is 10.7. The van der Waals surface area contributed by atoms with Gasteiger partial charge in [0, 0.05) is 6.04 Å². The van der Waals surface area contributed by atoms with Crippen LogP contribution in [0.1, 0.15) is 31.0 Å². The van der Waals surface area contributed by atoms with E-state index in [2.05, 4.69) is 37.4 Å². The lowest BCUT2D eigenvalue weighted by atomic mass is 10.0. The van der Waals surface area contributed by atoms with Gasteiger partial charge < -0.3 is 0 Å². The molecule has 0 radical (unpaired) electrons. The molecule has 0 bridgehead atoms. The van der Waals surface area contributed by atoms with Crippen molar-refractivity contribution in [2.75, 3.05) is 0 Å². The average molecular weight is 188 g/mol. The molecule has 0 fully saturated rings. The molecule has 2 heteroatoms. The molecule has 0 amide bonds. The van der Waals surface area contributed by atoms with Crippen LogP contribution in [0.3, 0.4) is 0 Å². The number of hydrogen-bond donors (Lipinski definition) is 1. The Balaban J connectivity index is 2.75. The molecule has 0 saturated heterocycles. The van der Waals surface area contributed by atoms with Crippen LogP contribution in [-0.2, 0) is 0 Å². The van der Waals surface area contributed by atoms with Crippen molar-refractivity contribution in [3.63, 3.8) is 0 Å². The van der Waals surface area contributed by atoms with Gasteiger partial charge in [-0.05, 0) is 31.9 Å². The number of nitrogens with zero attached hydrogens (tertiary/aromatic N) is 1. The van der Waals surface area contributed by atoms with E-state index >= 15 is 0 Å². The predicted molar refractivity (Wildman–Crippen MR) is 57.8 cm³/mol. The van der Waals surface area contributed by atoms with Crippen molar-refractivity contribution in [3.8, 4) is 6.07 Å². The number of nitriles is 1. The van der Waals surface area contributed by atoms with Crippen LogP contribution in [0.2, 0.25) is 0 Å². The van der Waals surface area contributed by atoms with Crippen molar-refractivity contribution in [2.45, 2.75) is 32.9 Å². The van der Waals surface area contributed by atoms with Crippen molar-refractivity contribution < 1.29 is 0 Å². The van der Waals surface area contributed by atoms with E-state index in [1.165, 1.54) is 11.1 Å². The van der Waals surface area contributed by atoms with Gasteiger partial charge in [0.2, 0.25) is 0 Å².